The largest absolute Gasteiger partial charge is 0.472 e. The molecule has 1 aromatic carbocycles. The number of likely N-dealkylation sites (tertiary alicyclic amines) is 1. The van der Waals surface area contributed by atoms with Gasteiger partial charge in [0.05, 0.1) is 17.5 Å². The molecule has 1 aliphatic rings. The number of hydrogen-bond acceptors (Lipinski definition) is 5. The lowest BCUT2D eigenvalue weighted by Gasteiger charge is -2.30. The Morgan fingerprint density at radius 1 is 1.25 bits per heavy atom. The Labute approximate surface area is 165 Å². The Kier molecular flexibility index (Phi) is 5.21. The smallest absolute Gasteiger partial charge is 0.257 e. The van der Waals surface area contributed by atoms with Crippen LogP contribution in [0.5, 0.6) is 0 Å². The van der Waals surface area contributed by atoms with Crippen molar-refractivity contribution >= 4 is 28.3 Å². The number of carbonyl (C=O) groups excluding carboxylic acids is 2. The van der Waals surface area contributed by atoms with Gasteiger partial charge in [-0.1, -0.05) is 12.1 Å². The summed E-state index contributed by atoms with van der Waals surface area (Å²) in [6.07, 6.45) is 4.09. The van der Waals surface area contributed by atoms with E-state index in [1.54, 1.807) is 28.5 Å². The highest BCUT2D eigenvalue weighted by Gasteiger charge is 2.28. The first-order valence-corrected chi connectivity index (χ1v) is 9.82. The molecule has 0 radical (unpaired) electrons. The highest BCUT2D eigenvalue weighted by molar-refractivity contribution is 7.14. The SMILES string of the molecule is O=C(Nc1nc(-c2cccc(F)c2)cs1)C1CCN(C(=O)c2ccoc2)CC1. The van der Waals surface area contributed by atoms with Crippen molar-refractivity contribution in [3.05, 3.63) is 59.6 Å². The van der Waals surface area contributed by atoms with E-state index in [4.69, 9.17) is 4.42 Å². The molecule has 4 rings (SSSR count). The molecule has 0 saturated carbocycles. The van der Waals surface area contributed by atoms with Crippen LogP contribution in [0.3, 0.4) is 0 Å². The van der Waals surface area contributed by atoms with Gasteiger partial charge in [0.25, 0.3) is 5.91 Å². The molecule has 2 aromatic heterocycles. The number of aromatic nitrogens is 1. The molecular weight excluding hydrogens is 381 g/mol. The minimum atomic E-state index is -0.326. The molecule has 28 heavy (non-hydrogen) atoms. The van der Waals surface area contributed by atoms with E-state index in [1.807, 2.05) is 0 Å². The van der Waals surface area contributed by atoms with Gasteiger partial charge in [-0.2, -0.15) is 0 Å². The highest BCUT2D eigenvalue weighted by Crippen LogP contribution is 2.27. The van der Waals surface area contributed by atoms with Crippen LogP contribution in [-0.4, -0.2) is 34.8 Å². The van der Waals surface area contributed by atoms with Crippen LogP contribution in [0.25, 0.3) is 11.3 Å². The highest BCUT2D eigenvalue weighted by atomic mass is 32.1. The third-order valence-corrected chi connectivity index (χ3v) is 5.53. The van der Waals surface area contributed by atoms with Gasteiger partial charge in [-0.3, -0.25) is 9.59 Å². The number of thiazole rings is 1. The summed E-state index contributed by atoms with van der Waals surface area (Å²) in [5.41, 5.74) is 1.82. The predicted molar refractivity (Wildman–Crippen MR) is 103 cm³/mol. The van der Waals surface area contributed by atoms with Gasteiger partial charge in [-0.15, -0.1) is 11.3 Å². The molecule has 1 fully saturated rings. The third kappa shape index (κ3) is 3.96. The van der Waals surface area contributed by atoms with Crippen LogP contribution in [0.15, 0.2) is 52.7 Å². The van der Waals surface area contributed by atoms with E-state index in [-0.39, 0.29) is 23.5 Å². The van der Waals surface area contributed by atoms with Crippen molar-refractivity contribution in [1.82, 2.24) is 9.88 Å². The molecule has 0 aliphatic carbocycles. The van der Waals surface area contributed by atoms with Crippen molar-refractivity contribution < 1.29 is 18.4 Å². The minimum absolute atomic E-state index is 0.0766. The second kappa shape index (κ2) is 7.93. The molecule has 0 spiro atoms. The average Bonchev–Trinajstić information content (AvgIpc) is 3.40. The molecule has 1 N–H and O–H groups in total. The molecule has 2 amide bonds. The van der Waals surface area contributed by atoms with Gasteiger partial charge < -0.3 is 14.6 Å². The molecule has 144 valence electrons. The van der Waals surface area contributed by atoms with Gasteiger partial charge in [-0.25, -0.2) is 9.37 Å². The number of rotatable bonds is 4. The fourth-order valence-corrected chi connectivity index (χ4v) is 3.96. The number of nitrogens with zero attached hydrogens (tertiary/aromatic N) is 2. The number of anilines is 1. The number of nitrogens with one attached hydrogen (secondary N) is 1. The number of furan rings is 1. The van der Waals surface area contributed by atoms with Crippen LogP contribution in [0, 0.1) is 11.7 Å². The lowest BCUT2D eigenvalue weighted by molar-refractivity contribution is -0.121. The zero-order valence-electron chi connectivity index (χ0n) is 14.9. The minimum Gasteiger partial charge on any atom is -0.472 e. The zero-order chi connectivity index (χ0) is 19.5. The standard InChI is InChI=1S/C20H18FN3O3S/c21-16-3-1-2-14(10-16)17-12-28-20(22-17)23-18(25)13-4-7-24(8-5-13)19(26)15-6-9-27-11-15/h1-3,6,9-13H,4-5,7-8H2,(H,22,23,25). The van der Waals surface area contributed by atoms with Crippen LogP contribution < -0.4 is 5.32 Å². The zero-order valence-corrected chi connectivity index (χ0v) is 15.7. The first-order chi connectivity index (χ1) is 13.6. The third-order valence-electron chi connectivity index (χ3n) is 4.78. The lowest BCUT2D eigenvalue weighted by Crippen LogP contribution is -2.41. The normalized spacial score (nSPS) is 14.8. The number of halogens is 1. The Morgan fingerprint density at radius 2 is 2.07 bits per heavy atom. The van der Waals surface area contributed by atoms with Gasteiger partial charge in [0.2, 0.25) is 5.91 Å². The van der Waals surface area contributed by atoms with Crippen LogP contribution in [-0.2, 0) is 4.79 Å². The second-order valence-electron chi connectivity index (χ2n) is 6.62. The van der Waals surface area contributed by atoms with E-state index in [0.29, 0.717) is 47.9 Å². The van der Waals surface area contributed by atoms with Crippen molar-refractivity contribution in [3.8, 4) is 11.3 Å². The monoisotopic (exact) mass is 399 g/mol. The van der Waals surface area contributed by atoms with E-state index >= 15 is 0 Å². The van der Waals surface area contributed by atoms with Gasteiger partial charge >= 0.3 is 0 Å². The lowest BCUT2D eigenvalue weighted by atomic mass is 9.95. The Balaban J connectivity index is 1.33. The fourth-order valence-electron chi connectivity index (χ4n) is 3.23. The number of piperidine rings is 1. The first-order valence-electron chi connectivity index (χ1n) is 8.94. The maximum Gasteiger partial charge on any atom is 0.257 e. The molecule has 0 atom stereocenters. The maximum atomic E-state index is 13.4. The molecule has 3 heterocycles. The number of benzene rings is 1. The van der Waals surface area contributed by atoms with Gasteiger partial charge in [0.15, 0.2) is 5.13 Å². The molecule has 1 aliphatic heterocycles. The summed E-state index contributed by atoms with van der Waals surface area (Å²) in [6.45, 7) is 1.04. The van der Waals surface area contributed by atoms with E-state index in [9.17, 15) is 14.0 Å². The summed E-state index contributed by atoms with van der Waals surface area (Å²) in [7, 11) is 0. The molecule has 0 bridgehead atoms. The molecule has 0 unspecified atom stereocenters. The van der Waals surface area contributed by atoms with Crippen LogP contribution in [0.2, 0.25) is 0 Å². The summed E-state index contributed by atoms with van der Waals surface area (Å²) in [5, 5.41) is 5.12. The first kappa shape index (κ1) is 18.4. The predicted octanol–water partition coefficient (Wildman–Crippen LogP) is 4.03. The van der Waals surface area contributed by atoms with Crippen molar-refractivity contribution in [2.24, 2.45) is 5.92 Å². The van der Waals surface area contributed by atoms with E-state index < -0.39 is 0 Å². The van der Waals surface area contributed by atoms with Gasteiger partial charge in [0, 0.05) is 30.0 Å². The average molecular weight is 399 g/mol. The van der Waals surface area contributed by atoms with Gasteiger partial charge in [0.1, 0.15) is 12.1 Å². The summed E-state index contributed by atoms with van der Waals surface area (Å²) < 4.78 is 18.3. The summed E-state index contributed by atoms with van der Waals surface area (Å²) >= 11 is 1.31. The molecule has 1 saturated heterocycles. The van der Waals surface area contributed by atoms with Crippen molar-refractivity contribution in [3.63, 3.8) is 0 Å². The summed E-state index contributed by atoms with van der Waals surface area (Å²) in [5.74, 6) is -0.675. The maximum absolute atomic E-state index is 13.4. The van der Waals surface area contributed by atoms with E-state index in [2.05, 4.69) is 10.3 Å². The van der Waals surface area contributed by atoms with Gasteiger partial charge in [-0.05, 0) is 31.0 Å². The molecule has 8 heteroatoms. The van der Waals surface area contributed by atoms with Crippen molar-refractivity contribution in [2.75, 3.05) is 18.4 Å². The van der Waals surface area contributed by atoms with Crippen LogP contribution >= 0.6 is 11.3 Å². The summed E-state index contributed by atoms with van der Waals surface area (Å²) in [4.78, 5) is 31.0. The molecular formula is C20H18FN3O3S. The topological polar surface area (TPSA) is 75.4 Å². The fraction of sp³-hybridized carbons (Fsp3) is 0.250. The molecule has 3 aromatic rings. The van der Waals surface area contributed by atoms with Crippen LogP contribution in [0.1, 0.15) is 23.2 Å². The Hall–Kier alpha value is -3.00. The number of hydrogen-bond donors (Lipinski definition) is 1. The van der Waals surface area contributed by atoms with Crippen molar-refractivity contribution in [2.45, 2.75) is 12.8 Å². The molecule has 6 nitrogen and oxygen atoms in total. The van der Waals surface area contributed by atoms with Crippen LogP contribution in [0.4, 0.5) is 9.52 Å². The van der Waals surface area contributed by atoms with E-state index in [0.717, 1.165) is 0 Å². The second-order valence-corrected chi connectivity index (χ2v) is 7.47. The van der Waals surface area contributed by atoms with E-state index in [1.165, 1.54) is 36.0 Å². The Bertz CT molecular complexity index is 978. The number of carbonyl (C=O) groups is 2. The Morgan fingerprint density at radius 3 is 2.79 bits per heavy atom. The quantitative estimate of drug-likeness (QED) is 0.719. The van der Waals surface area contributed by atoms with Crippen molar-refractivity contribution in [1.29, 1.82) is 0 Å². The number of amides is 2. The summed E-state index contributed by atoms with van der Waals surface area (Å²) in [6, 6.07) is 7.83.